The van der Waals surface area contributed by atoms with Gasteiger partial charge in [-0.2, -0.15) is 17.5 Å². The van der Waals surface area contributed by atoms with E-state index in [1.807, 2.05) is 0 Å². The lowest BCUT2D eigenvalue weighted by Gasteiger charge is -2.18. The Balaban J connectivity index is 4.21. The Morgan fingerprint density at radius 2 is 1.80 bits per heavy atom. The van der Waals surface area contributed by atoms with Gasteiger partial charge in [0.15, 0.2) is 0 Å². The second-order valence-electron chi connectivity index (χ2n) is 3.08. The van der Waals surface area contributed by atoms with E-state index in [1.54, 1.807) is 0 Å². The highest BCUT2D eigenvalue weighted by molar-refractivity contribution is 7.89. The minimum atomic E-state index is -4.51. The molecule has 0 rings (SSSR count). The highest BCUT2D eigenvalue weighted by atomic mass is 35.5. The van der Waals surface area contributed by atoms with Crippen LogP contribution in [-0.4, -0.2) is 44.1 Å². The van der Waals surface area contributed by atoms with E-state index in [-0.39, 0.29) is 12.2 Å². The predicted molar refractivity (Wildman–Crippen MR) is 52.4 cm³/mol. The molecule has 0 aromatic carbocycles. The van der Waals surface area contributed by atoms with Crippen molar-refractivity contribution in [2.24, 2.45) is 0 Å². The van der Waals surface area contributed by atoms with Crippen LogP contribution in [0.5, 0.6) is 0 Å². The highest BCUT2D eigenvalue weighted by Crippen LogP contribution is 2.17. The summed E-state index contributed by atoms with van der Waals surface area (Å²) in [6.45, 7) is -1.45. The Labute approximate surface area is 92.2 Å². The molecule has 0 aliphatic rings. The summed E-state index contributed by atoms with van der Waals surface area (Å²) in [4.78, 5) is 0. The third-order valence-electron chi connectivity index (χ3n) is 1.66. The number of rotatable bonds is 6. The Morgan fingerprint density at radius 1 is 1.27 bits per heavy atom. The molecule has 0 unspecified atom stereocenters. The minimum absolute atomic E-state index is 0.272. The first-order chi connectivity index (χ1) is 6.69. The fourth-order valence-electron chi connectivity index (χ4n) is 0.886. The average Bonchev–Trinajstić information content (AvgIpc) is 2.01. The molecule has 0 aromatic rings. The Hall–Kier alpha value is -0.0100. The monoisotopic (exact) mass is 267 g/mol. The SMILES string of the molecule is CN(CC(F)(F)F)S(=O)(=O)CCCCCl. The van der Waals surface area contributed by atoms with Crippen LogP contribution in [0.25, 0.3) is 0 Å². The van der Waals surface area contributed by atoms with Gasteiger partial charge in [-0.3, -0.25) is 0 Å². The maximum Gasteiger partial charge on any atom is 0.402 e. The van der Waals surface area contributed by atoms with Crippen LogP contribution < -0.4 is 0 Å². The van der Waals surface area contributed by atoms with Gasteiger partial charge in [-0.05, 0) is 12.8 Å². The molecule has 0 fully saturated rings. The van der Waals surface area contributed by atoms with Crippen molar-refractivity contribution < 1.29 is 21.6 Å². The first-order valence-corrected chi connectivity index (χ1v) is 6.40. The van der Waals surface area contributed by atoms with Gasteiger partial charge in [0.1, 0.15) is 6.54 Å². The Bertz CT molecular complexity index is 278. The van der Waals surface area contributed by atoms with Crippen LogP contribution in [-0.2, 0) is 10.0 Å². The Kier molecular flexibility index (Phi) is 5.90. The fourth-order valence-corrected chi connectivity index (χ4v) is 2.30. The molecule has 0 amide bonds. The molecule has 3 nitrogen and oxygen atoms in total. The van der Waals surface area contributed by atoms with Crippen LogP contribution >= 0.6 is 11.6 Å². The molecule has 8 heteroatoms. The van der Waals surface area contributed by atoms with Crippen molar-refractivity contribution in [1.29, 1.82) is 0 Å². The molecule has 0 saturated heterocycles. The molecule has 0 aliphatic heterocycles. The second kappa shape index (κ2) is 5.91. The molecule has 0 aliphatic carbocycles. The van der Waals surface area contributed by atoms with Gasteiger partial charge in [0.2, 0.25) is 10.0 Å². The molecule has 0 bridgehead atoms. The van der Waals surface area contributed by atoms with E-state index >= 15 is 0 Å². The van der Waals surface area contributed by atoms with E-state index in [0.29, 0.717) is 16.6 Å². The van der Waals surface area contributed by atoms with E-state index in [0.717, 1.165) is 7.05 Å². The summed E-state index contributed by atoms with van der Waals surface area (Å²) in [6.07, 6.45) is -3.76. The van der Waals surface area contributed by atoms with Crippen LogP contribution in [0.2, 0.25) is 0 Å². The van der Waals surface area contributed by atoms with Gasteiger partial charge >= 0.3 is 6.18 Å². The van der Waals surface area contributed by atoms with Gasteiger partial charge in [0.25, 0.3) is 0 Å². The van der Waals surface area contributed by atoms with Crippen LogP contribution in [0.3, 0.4) is 0 Å². The summed E-state index contributed by atoms with van der Waals surface area (Å²) in [5, 5.41) is 0. The zero-order valence-corrected chi connectivity index (χ0v) is 9.79. The molecule has 0 aromatic heterocycles. The minimum Gasteiger partial charge on any atom is -0.212 e. The smallest absolute Gasteiger partial charge is 0.212 e. The number of nitrogens with zero attached hydrogens (tertiary/aromatic N) is 1. The molecule has 92 valence electrons. The average molecular weight is 268 g/mol. The summed E-state index contributed by atoms with van der Waals surface area (Å²) in [5.74, 6) is 0.00477. The molecule has 0 radical (unpaired) electrons. The highest BCUT2D eigenvalue weighted by Gasteiger charge is 2.33. The summed E-state index contributed by atoms with van der Waals surface area (Å²) >= 11 is 5.33. The van der Waals surface area contributed by atoms with E-state index in [9.17, 15) is 21.6 Å². The first kappa shape index (κ1) is 15.0. The second-order valence-corrected chi connectivity index (χ2v) is 5.66. The van der Waals surface area contributed by atoms with Crippen molar-refractivity contribution in [3.8, 4) is 0 Å². The number of hydrogen-bond acceptors (Lipinski definition) is 2. The Morgan fingerprint density at radius 3 is 2.20 bits per heavy atom. The molecular formula is C7H13ClF3NO2S. The third-order valence-corrected chi connectivity index (χ3v) is 3.81. The van der Waals surface area contributed by atoms with Crippen molar-refractivity contribution in [1.82, 2.24) is 4.31 Å². The summed E-state index contributed by atoms with van der Waals surface area (Å²) in [7, 11) is -2.89. The van der Waals surface area contributed by atoms with E-state index < -0.39 is 22.7 Å². The first-order valence-electron chi connectivity index (χ1n) is 4.26. The normalized spacial score (nSPS) is 13.5. The largest absolute Gasteiger partial charge is 0.402 e. The molecule has 0 saturated carbocycles. The summed E-state index contributed by atoms with van der Waals surface area (Å²) in [6, 6.07) is 0. The van der Waals surface area contributed by atoms with E-state index in [2.05, 4.69) is 0 Å². The molecule has 0 spiro atoms. The fraction of sp³-hybridized carbons (Fsp3) is 1.00. The molecule has 0 heterocycles. The molecular weight excluding hydrogens is 255 g/mol. The lowest BCUT2D eigenvalue weighted by molar-refractivity contribution is -0.134. The van der Waals surface area contributed by atoms with Crippen molar-refractivity contribution in [3.05, 3.63) is 0 Å². The lowest BCUT2D eigenvalue weighted by Crippen LogP contribution is -2.37. The predicted octanol–water partition coefficient (Wildman–Crippen LogP) is 1.83. The number of alkyl halides is 4. The van der Waals surface area contributed by atoms with Crippen LogP contribution in [0.4, 0.5) is 13.2 Å². The topological polar surface area (TPSA) is 37.4 Å². The zero-order valence-electron chi connectivity index (χ0n) is 8.22. The van der Waals surface area contributed by atoms with Gasteiger partial charge in [-0.15, -0.1) is 11.6 Å². The number of halogens is 4. The molecule has 0 atom stereocenters. The number of unbranched alkanes of at least 4 members (excludes halogenated alkanes) is 1. The van der Waals surface area contributed by atoms with Crippen molar-refractivity contribution in [2.45, 2.75) is 19.0 Å². The van der Waals surface area contributed by atoms with Crippen molar-refractivity contribution >= 4 is 21.6 Å². The standard InChI is InChI=1S/C7H13ClF3NO2S/c1-12(6-7(9,10)11)15(13,14)5-3-2-4-8/h2-6H2,1H3. The summed E-state index contributed by atoms with van der Waals surface area (Å²) in [5.41, 5.74) is 0. The van der Waals surface area contributed by atoms with E-state index in [4.69, 9.17) is 11.6 Å². The van der Waals surface area contributed by atoms with Crippen molar-refractivity contribution in [2.75, 3.05) is 25.2 Å². The third kappa shape index (κ3) is 6.97. The lowest BCUT2D eigenvalue weighted by atomic mass is 10.4. The van der Waals surface area contributed by atoms with Gasteiger partial charge in [-0.1, -0.05) is 0 Å². The van der Waals surface area contributed by atoms with Crippen LogP contribution in [0, 0.1) is 0 Å². The maximum absolute atomic E-state index is 11.9. The summed E-state index contributed by atoms with van der Waals surface area (Å²) < 4.78 is 58.5. The quantitative estimate of drug-likeness (QED) is 0.544. The van der Waals surface area contributed by atoms with Crippen LogP contribution in [0.15, 0.2) is 0 Å². The molecule has 0 N–H and O–H groups in total. The van der Waals surface area contributed by atoms with Gasteiger partial charge < -0.3 is 0 Å². The number of sulfonamides is 1. The van der Waals surface area contributed by atoms with Crippen molar-refractivity contribution in [3.63, 3.8) is 0 Å². The van der Waals surface area contributed by atoms with E-state index in [1.165, 1.54) is 0 Å². The van der Waals surface area contributed by atoms with Gasteiger partial charge in [0.05, 0.1) is 5.75 Å². The number of hydrogen-bond donors (Lipinski definition) is 0. The maximum atomic E-state index is 11.9. The van der Waals surface area contributed by atoms with Crippen LogP contribution in [0.1, 0.15) is 12.8 Å². The van der Waals surface area contributed by atoms with Gasteiger partial charge in [0, 0.05) is 12.9 Å². The molecule has 15 heavy (non-hydrogen) atoms. The van der Waals surface area contributed by atoms with Gasteiger partial charge in [-0.25, -0.2) is 8.42 Å². The zero-order chi connectivity index (χ0) is 12.1.